The summed E-state index contributed by atoms with van der Waals surface area (Å²) in [6, 6.07) is 11.4. The minimum atomic E-state index is -1.23. The summed E-state index contributed by atoms with van der Waals surface area (Å²) in [5.41, 5.74) is 1.58. The molecule has 2 fully saturated rings. The maximum atomic E-state index is 15.0. The van der Waals surface area contributed by atoms with Crippen LogP contribution in [0.2, 0.25) is 25.2 Å². The number of nitrogens with zero attached hydrogens (tertiary/aromatic N) is 3. The molecule has 160 valence electrons. The van der Waals surface area contributed by atoms with E-state index in [1.807, 2.05) is 9.80 Å². The van der Waals surface area contributed by atoms with Gasteiger partial charge in [-0.3, -0.25) is 10.1 Å². The van der Waals surface area contributed by atoms with Crippen molar-refractivity contribution in [2.45, 2.75) is 44.1 Å². The zero-order chi connectivity index (χ0) is 21.5. The van der Waals surface area contributed by atoms with Crippen molar-refractivity contribution >= 4 is 25.1 Å². The van der Waals surface area contributed by atoms with Gasteiger partial charge in [0.15, 0.2) is 11.6 Å². The Morgan fingerprint density at radius 3 is 2.20 bits per heavy atom. The van der Waals surface area contributed by atoms with Gasteiger partial charge >= 0.3 is 0 Å². The van der Waals surface area contributed by atoms with Gasteiger partial charge in [0.25, 0.3) is 5.69 Å². The van der Waals surface area contributed by atoms with Crippen LogP contribution in [-0.2, 0) is 0 Å². The molecule has 8 heteroatoms. The van der Waals surface area contributed by atoms with E-state index in [-0.39, 0.29) is 17.4 Å². The first-order chi connectivity index (χ1) is 14.2. The number of anilines is 2. The Bertz CT molecular complexity index is 919. The van der Waals surface area contributed by atoms with Gasteiger partial charge in [-0.15, -0.1) is 0 Å². The van der Waals surface area contributed by atoms with Gasteiger partial charge in [-0.1, -0.05) is 25.2 Å². The molecule has 0 saturated carbocycles. The standard InChI is InChI=1S/C22H27F2N3O2Si/c1-30(2)12-10-25(11-13-30)22-19(23)14-18(15-20(22)24)26-9-3-4-21(26)16-5-7-17(8-6-16)27(28)29/h5-8,14-15,21H,3-4,9-13H2,1-2H3/t21-/m1/s1. The lowest BCUT2D eigenvalue weighted by Gasteiger charge is -2.37. The first-order valence-electron chi connectivity index (χ1n) is 10.5. The van der Waals surface area contributed by atoms with Crippen molar-refractivity contribution < 1.29 is 13.7 Å². The molecule has 2 saturated heterocycles. The van der Waals surface area contributed by atoms with Gasteiger partial charge in [0.1, 0.15) is 5.69 Å². The van der Waals surface area contributed by atoms with Crippen molar-refractivity contribution in [3.05, 3.63) is 63.7 Å². The zero-order valence-corrected chi connectivity index (χ0v) is 18.4. The van der Waals surface area contributed by atoms with Crippen molar-refractivity contribution in [3.63, 3.8) is 0 Å². The molecule has 30 heavy (non-hydrogen) atoms. The maximum Gasteiger partial charge on any atom is 0.269 e. The van der Waals surface area contributed by atoms with Crippen LogP contribution in [-0.4, -0.2) is 32.6 Å². The fraction of sp³-hybridized carbons (Fsp3) is 0.455. The zero-order valence-electron chi connectivity index (χ0n) is 17.4. The van der Waals surface area contributed by atoms with Crippen LogP contribution < -0.4 is 9.80 Å². The molecule has 0 unspecified atom stereocenters. The Kier molecular flexibility index (Phi) is 5.53. The minimum Gasteiger partial charge on any atom is -0.367 e. The van der Waals surface area contributed by atoms with Gasteiger partial charge in [0.2, 0.25) is 0 Å². The van der Waals surface area contributed by atoms with E-state index in [2.05, 4.69) is 13.1 Å². The SMILES string of the molecule is C[Si]1(C)CCN(c2c(F)cc(N3CCC[C@@H]3c3ccc([N+](=O)[O-])cc3)cc2F)CC1. The summed E-state index contributed by atoms with van der Waals surface area (Å²) in [6.07, 6.45) is 1.74. The first-order valence-corrected chi connectivity index (χ1v) is 13.9. The Morgan fingerprint density at radius 2 is 1.63 bits per heavy atom. The van der Waals surface area contributed by atoms with E-state index in [0.29, 0.717) is 25.3 Å². The highest BCUT2D eigenvalue weighted by Gasteiger charge is 2.32. The average molecular weight is 432 g/mol. The maximum absolute atomic E-state index is 15.0. The van der Waals surface area contributed by atoms with E-state index in [4.69, 9.17) is 0 Å². The fourth-order valence-corrected chi connectivity index (χ4v) is 6.60. The van der Waals surface area contributed by atoms with Crippen LogP contribution in [0.25, 0.3) is 0 Å². The van der Waals surface area contributed by atoms with E-state index >= 15 is 8.78 Å². The first kappa shape index (κ1) is 20.8. The summed E-state index contributed by atoms with van der Waals surface area (Å²) in [5.74, 6) is -1.03. The third-order valence-corrected chi connectivity index (χ3v) is 9.66. The number of rotatable bonds is 4. The molecule has 0 bridgehead atoms. The van der Waals surface area contributed by atoms with Crippen LogP contribution in [0.15, 0.2) is 36.4 Å². The van der Waals surface area contributed by atoms with Crippen LogP contribution in [0, 0.1) is 21.7 Å². The van der Waals surface area contributed by atoms with Crippen molar-refractivity contribution in [2.75, 3.05) is 29.4 Å². The summed E-state index contributed by atoms with van der Waals surface area (Å²) < 4.78 is 30.1. The van der Waals surface area contributed by atoms with Gasteiger partial charge in [-0.05, 0) is 42.6 Å². The Morgan fingerprint density at radius 1 is 1.03 bits per heavy atom. The number of non-ortho nitro benzene ring substituents is 1. The largest absolute Gasteiger partial charge is 0.367 e. The van der Waals surface area contributed by atoms with Gasteiger partial charge in [-0.25, -0.2) is 8.78 Å². The average Bonchev–Trinajstić information content (AvgIpc) is 3.18. The van der Waals surface area contributed by atoms with E-state index in [9.17, 15) is 10.1 Å². The lowest BCUT2D eigenvalue weighted by molar-refractivity contribution is -0.384. The fourth-order valence-electron chi connectivity index (χ4n) is 4.60. The molecule has 4 rings (SSSR count). The highest BCUT2D eigenvalue weighted by atomic mass is 28.3. The predicted octanol–water partition coefficient (Wildman–Crippen LogP) is 5.74. The Hall–Kier alpha value is -2.48. The number of nitro benzene ring substituents is 1. The summed E-state index contributed by atoms with van der Waals surface area (Å²) >= 11 is 0. The topological polar surface area (TPSA) is 49.6 Å². The molecular formula is C22H27F2N3O2Si. The summed E-state index contributed by atoms with van der Waals surface area (Å²) in [7, 11) is -1.23. The third kappa shape index (κ3) is 4.05. The smallest absolute Gasteiger partial charge is 0.269 e. The molecule has 1 atom stereocenters. The highest BCUT2D eigenvalue weighted by Crippen LogP contribution is 2.39. The quantitative estimate of drug-likeness (QED) is 0.352. The highest BCUT2D eigenvalue weighted by molar-refractivity contribution is 6.77. The van der Waals surface area contributed by atoms with E-state index < -0.39 is 24.6 Å². The Balaban J connectivity index is 1.58. The number of hydrogen-bond acceptors (Lipinski definition) is 4. The summed E-state index contributed by atoms with van der Waals surface area (Å²) in [6.45, 7) is 6.77. The van der Waals surface area contributed by atoms with Crippen LogP contribution in [0.3, 0.4) is 0 Å². The van der Waals surface area contributed by atoms with Crippen LogP contribution in [0.5, 0.6) is 0 Å². The molecule has 0 amide bonds. The molecule has 0 spiro atoms. The molecule has 5 nitrogen and oxygen atoms in total. The second-order valence-corrected chi connectivity index (χ2v) is 14.4. The van der Waals surface area contributed by atoms with Gasteiger partial charge in [0.05, 0.1) is 19.0 Å². The predicted molar refractivity (Wildman–Crippen MR) is 118 cm³/mol. The van der Waals surface area contributed by atoms with Crippen LogP contribution in [0.1, 0.15) is 24.4 Å². The van der Waals surface area contributed by atoms with Crippen molar-refractivity contribution in [1.82, 2.24) is 0 Å². The monoisotopic (exact) mass is 431 g/mol. The van der Waals surface area contributed by atoms with Crippen molar-refractivity contribution in [1.29, 1.82) is 0 Å². The molecular weight excluding hydrogens is 404 g/mol. The second-order valence-electron chi connectivity index (χ2n) is 9.11. The third-order valence-electron chi connectivity index (χ3n) is 6.51. The summed E-state index contributed by atoms with van der Waals surface area (Å²) in [4.78, 5) is 14.3. The summed E-state index contributed by atoms with van der Waals surface area (Å²) in [5, 5.41) is 10.9. The van der Waals surface area contributed by atoms with Crippen molar-refractivity contribution in [3.8, 4) is 0 Å². The molecule has 0 aliphatic carbocycles. The lowest BCUT2D eigenvalue weighted by Crippen LogP contribution is -2.43. The number of benzene rings is 2. The van der Waals surface area contributed by atoms with E-state index in [1.54, 1.807) is 12.1 Å². The van der Waals surface area contributed by atoms with Gasteiger partial charge < -0.3 is 9.80 Å². The normalized spacial score (nSPS) is 21.1. The lowest BCUT2D eigenvalue weighted by atomic mass is 10.0. The molecule has 2 aromatic carbocycles. The number of nitro groups is 1. The van der Waals surface area contributed by atoms with Crippen molar-refractivity contribution in [2.24, 2.45) is 0 Å². The molecule has 0 N–H and O–H groups in total. The van der Waals surface area contributed by atoms with E-state index in [1.165, 1.54) is 24.3 Å². The molecule has 0 radical (unpaired) electrons. The molecule has 2 aromatic rings. The second kappa shape index (κ2) is 7.98. The number of hydrogen-bond donors (Lipinski definition) is 0. The van der Waals surface area contributed by atoms with Gasteiger partial charge in [-0.2, -0.15) is 0 Å². The minimum absolute atomic E-state index is 0.0394. The molecule has 0 aromatic heterocycles. The number of halogens is 2. The molecule has 2 aliphatic heterocycles. The van der Waals surface area contributed by atoms with Crippen LogP contribution >= 0.6 is 0 Å². The van der Waals surface area contributed by atoms with Crippen LogP contribution in [0.4, 0.5) is 25.8 Å². The molecule has 2 heterocycles. The molecule has 2 aliphatic rings. The Labute approximate surface area is 176 Å². The van der Waals surface area contributed by atoms with E-state index in [0.717, 1.165) is 30.5 Å². The van der Waals surface area contributed by atoms with Gasteiger partial charge in [0, 0.05) is 37.5 Å².